The molecule has 0 fully saturated rings. The molecule has 0 saturated heterocycles. The maximum Gasteiger partial charge on any atom is 0.306 e. The van der Waals surface area contributed by atoms with Crippen LogP contribution in [0.1, 0.15) is 310 Å². The molecule has 0 aliphatic heterocycles. The van der Waals surface area contributed by atoms with Gasteiger partial charge in [-0.05, 0) is 96.0 Å². The summed E-state index contributed by atoms with van der Waals surface area (Å²) in [6, 6.07) is -0.906. The van der Waals surface area contributed by atoms with Crippen LogP contribution in [0.25, 0.3) is 0 Å². The van der Waals surface area contributed by atoms with Crippen LogP contribution in [0.5, 0.6) is 0 Å². The second-order valence-electron chi connectivity index (χ2n) is 23.9. The summed E-state index contributed by atoms with van der Waals surface area (Å²) in [5, 5.41) is 3.01. The number of amides is 1. The first-order valence-corrected chi connectivity index (χ1v) is 35.2. The van der Waals surface area contributed by atoms with Crippen LogP contribution in [-0.2, 0) is 27.9 Å². The van der Waals surface area contributed by atoms with E-state index in [1.54, 1.807) is 0 Å². The van der Waals surface area contributed by atoms with Gasteiger partial charge in [0.2, 0.25) is 5.91 Å². The second-order valence-corrected chi connectivity index (χ2v) is 25.4. The number of unbranched alkanes of at least 4 members (excludes halogenated alkanes) is 35. The van der Waals surface area contributed by atoms with Crippen molar-refractivity contribution < 1.29 is 37.3 Å². The Morgan fingerprint density at radius 3 is 1.23 bits per heavy atom. The Balaban J connectivity index is 5.02. The number of carbonyl (C=O) groups excluding carboxylic acids is 2. The summed E-state index contributed by atoms with van der Waals surface area (Å²) in [6.45, 7) is 6.72. The van der Waals surface area contributed by atoms with Gasteiger partial charge in [-0.1, -0.05) is 274 Å². The molecular weight excluding hydrogens is 1010 g/mol. The molecule has 9 nitrogen and oxygen atoms in total. The van der Waals surface area contributed by atoms with E-state index < -0.39 is 26.6 Å². The fourth-order valence-electron chi connectivity index (χ4n) is 9.69. The van der Waals surface area contributed by atoms with E-state index in [9.17, 15) is 19.0 Å². The minimum absolute atomic E-state index is 0.0300. The maximum atomic E-state index is 13.5. The van der Waals surface area contributed by atoms with Crippen molar-refractivity contribution in [3.63, 3.8) is 0 Å². The number of nitrogens with one attached hydrogen (secondary N) is 1. The highest BCUT2D eigenvalue weighted by Gasteiger charge is 2.27. The topological polar surface area (TPSA) is 114 Å². The molecule has 0 rings (SSSR count). The van der Waals surface area contributed by atoms with Crippen molar-refractivity contribution in [2.24, 2.45) is 0 Å². The number of likely N-dealkylation sites (N-methyl/N-ethyl adjacent to an activating group) is 1. The molecule has 0 aliphatic rings. The predicted octanol–water partition coefficient (Wildman–Crippen LogP) is 20.5. The molecule has 0 aromatic rings. The largest absolute Gasteiger partial charge is 0.756 e. The number of nitrogens with zero attached hydrogens (tertiary/aromatic N) is 1. The first-order chi connectivity index (χ1) is 38.9. The molecule has 0 spiro atoms. The Kier molecular flexibility index (Phi) is 57.7. The first kappa shape index (κ1) is 77.5. The summed E-state index contributed by atoms with van der Waals surface area (Å²) >= 11 is 0. The van der Waals surface area contributed by atoms with Gasteiger partial charge in [0.05, 0.1) is 33.8 Å². The molecule has 0 saturated carbocycles. The monoisotopic (exact) mass is 1140 g/mol. The van der Waals surface area contributed by atoms with E-state index >= 15 is 0 Å². The van der Waals surface area contributed by atoms with E-state index in [2.05, 4.69) is 86.8 Å². The van der Waals surface area contributed by atoms with E-state index in [0.29, 0.717) is 17.4 Å². The Hall–Kier alpha value is -2.55. The van der Waals surface area contributed by atoms with Gasteiger partial charge in [0.25, 0.3) is 7.82 Å². The first-order valence-electron chi connectivity index (χ1n) is 33.7. The van der Waals surface area contributed by atoms with Crippen molar-refractivity contribution in [1.29, 1.82) is 0 Å². The minimum atomic E-state index is -4.71. The van der Waals surface area contributed by atoms with Gasteiger partial charge >= 0.3 is 5.97 Å². The van der Waals surface area contributed by atoms with E-state index in [4.69, 9.17) is 13.8 Å². The molecule has 1 amide bonds. The molecule has 80 heavy (non-hydrogen) atoms. The third kappa shape index (κ3) is 60.1. The van der Waals surface area contributed by atoms with Crippen LogP contribution in [0.2, 0.25) is 0 Å². The zero-order valence-electron chi connectivity index (χ0n) is 53.3. The SMILES string of the molecule is CC/C=C/C/C=C/C/C=C/C/C=C/CCCCCC(=O)NC(COP(=O)([O-])OCC[N+](C)(C)C)C(/C=C\CCCCCCCCCCC)OC(=O)CCCCCCCCCCCCCCCCCCC/C=C/CCCCCCCC. The van der Waals surface area contributed by atoms with Crippen LogP contribution in [0.4, 0.5) is 0 Å². The van der Waals surface area contributed by atoms with Gasteiger partial charge < -0.3 is 28.5 Å². The van der Waals surface area contributed by atoms with Crippen molar-refractivity contribution in [2.45, 2.75) is 322 Å². The summed E-state index contributed by atoms with van der Waals surface area (Å²) in [5.74, 6) is -0.571. The summed E-state index contributed by atoms with van der Waals surface area (Å²) in [6.07, 6.45) is 77.5. The fraction of sp³-hybridized carbons (Fsp3) is 0.800. The highest BCUT2D eigenvalue weighted by molar-refractivity contribution is 7.45. The molecule has 466 valence electrons. The number of hydrogen-bond acceptors (Lipinski definition) is 7. The van der Waals surface area contributed by atoms with E-state index in [1.165, 1.54) is 186 Å². The minimum Gasteiger partial charge on any atom is -0.756 e. The zero-order valence-corrected chi connectivity index (χ0v) is 54.2. The van der Waals surface area contributed by atoms with Gasteiger partial charge in [-0.2, -0.15) is 0 Å². The number of rotatable bonds is 61. The highest BCUT2D eigenvalue weighted by Crippen LogP contribution is 2.38. The Labute approximate surface area is 495 Å². The van der Waals surface area contributed by atoms with Crippen LogP contribution < -0.4 is 10.2 Å². The molecule has 0 aliphatic carbocycles. The van der Waals surface area contributed by atoms with Crippen molar-refractivity contribution >= 4 is 19.7 Å². The third-order valence-corrected chi connectivity index (χ3v) is 15.8. The normalized spacial score (nSPS) is 14.0. The summed E-state index contributed by atoms with van der Waals surface area (Å²) in [7, 11) is 1.16. The molecule has 0 aromatic carbocycles. The lowest BCUT2D eigenvalue weighted by Crippen LogP contribution is -2.47. The second kappa shape index (κ2) is 59.6. The standard InChI is InChI=1S/C70H129N2O7P/c1-7-10-13-16-19-22-25-27-29-31-32-33-34-35-36-37-38-39-40-41-43-45-48-51-54-57-60-63-70(74)79-68(61-58-55-52-49-46-24-21-18-15-12-9-3)67(66-78-80(75,76)77-65-64-72(4,5)6)71-69(73)62-59-56-53-50-47-44-42-30-28-26-23-20-17-14-11-8-2/h11,14,20,23,27-30,44,47,58,61,67-68H,7-10,12-13,15-19,21-22,24-26,31-43,45-46,48-57,59-60,62-66H2,1-6H3,(H-,71,73,75,76)/b14-11+,23-20+,29-27+,30-28+,47-44+,61-58-. The van der Waals surface area contributed by atoms with Gasteiger partial charge in [0, 0.05) is 12.8 Å². The number of allylic oxidation sites excluding steroid dienone is 11. The Morgan fingerprint density at radius 1 is 0.450 bits per heavy atom. The molecule has 0 bridgehead atoms. The van der Waals surface area contributed by atoms with Crippen LogP contribution in [0.3, 0.4) is 0 Å². The van der Waals surface area contributed by atoms with E-state index in [-0.39, 0.29) is 31.3 Å². The van der Waals surface area contributed by atoms with Gasteiger partial charge in [0.15, 0.2) is 0 Å². The van der Waals surface area contributed by atoms with Gasteiger partial charge in [-0.25, -0.2) is 0 Å². The van der Waals surface area contributed by atoms with Gasteiger partial charge in [0.1, 0.15) is 19.3 Å². The maximum absolute atomic E-state index is 13.5. The van der Waals surface area contributed by atoms with E-state index in [0.717, 1.165) is 83.5 Å². The van der Waals surface area contributed by atoms with Crippen LogP contribution in [0.15, 0.2) is 72.9 Å². The third-order valence-electron chi connectivity index (χ3n) is 14.9. The molecule has 10 heteroatoms. The summed E-state index contributed by atoms with van der Waals surface area (Å²) in [5.41, 5.74) is 0. The lowest BCUT2D eigenvalue weighted by atomic mass is 10.0. The molecule has 3 atom stereocenters. The van der Waals surface area contributed by atoms with Crippen LogP contribution in [0, 0.1) is 0 Å². The summed E-state index contributed by atoms with van der Waals surface area (Å²) < 4.78 is 30.3. The number of phosphoric acid groups is 1. The Bertz CT molecular complexity index is 1600. The average Bonchev–Trinajstić information content (AvgIpc) is 3.43. The summed E-state index contributed by atoms with van der Waals surface area (Å²) in [4.78, 5) is 40.0. The number of carbonyl (C=O) groups is 2. The van der Waals surface area contributed by atoms with E-state index in [1.807, 2.05) is 33.3 Å². The molecular formula is C70H129N2O7P. The quantitative estimate of drug-likeness (QED) is 0.0212. The van der Waals surface area contributed by atoms with Crippen molar-refractivity contribution in [1.82, 2.24) is 5.32 Å². The highest BCUT2D eigenvalue weighted by atomic mass is 31.2. The molecule has 0 radical (unpaired) electrons. The van der Waals surface area contributed by atoms with Crippen molar-refractivity contribution in [3.8, 4) is 0 Å². The number of phosphoric ester groups is 1. The lowest BCUT2D eigenvalue weighted by Gasteiger charge is -2.30. The van der Waals surface area contributed by atoms with Crippen molar-refractivity contribution in [2.75, 3.05) is 40.9 Å². The Morgan fingerprint density at radius 2 is 0.800 bits per heavy atom. The lowest BCUT2D eigenvalue weighted by molar-refractivity contribution is -0.870. The number of quaternary nitrogens is 1. The van der Waals surface area contributed by atoms with Gasteiger partial charge in [-0.15, -0.1) is 0 Å². The fourth-order valence-corrected chi connectivity index (χ4v) is 10.4. The zero-order chi connectivity index (χ0) is 58.6. The van der Waals surface area contributed by atoms with Crippen LogP contribution in [-0.4, -0.2) is 69.4 Å². The van der Waals surface area contributed by atoms with Gasteiger partial charge in [-0.3, -0.25) is 14.2 Å². The molecule has 3 unspecified atom stereocenters. The number of ether oxygens (including phenoxy) is 1. The smallest absolute Gasteiger partial charge is 0.306 e. The molecule has 0 aromatic heterocycles. The molecule has 0 heterocycles. The predicted molar refractivity (Wildman–Crippen MR) is 344 cm³/mol. The number of esters is 1. The van der Waals surface area contributed by atoms with Crippen LogP contribution >= 0.6 is 7.82 Å². The molecule has 1 N–H and O–H groups in total. The van der Waals surface area contributed by atoms with Crippen molar-refractivity contribution in [3.05, 3.63) is 72.9 Å². The average molecular weight is 1140 g/mol. The number of hydrogen-bond donors (Lipinski definition) is 1.